The summed E-state index contributed by atoms with van der Waals surface area (Å²) < 4.78 is 6.38. The van der Waals surface area contributed by atoms with E-state index < -0.39 is 0 Å². The number of ether oxygens (including phenoxy) is 1. The van der Waals surface area contributed by atoms with Crippen LogP contribution in [0.4, 0.5) is 0 Å². The summed E-state index contributed by atoms with van der Waals surface area (Å²) in [4.78, 5) is 8.77. The van der Waals surface area contributed by atoms with Gasteiger partial charge in [-0.25, -0.2) is 0 Å². The topological polar surface area (TPSA) is 61.0 Å². The van der Waals surface area contributed by atoms with Gasteiger partial charge in [0.2, 0.25) is 0 Å². The summed E-state index contributed by atoms with van der Waals surface area (Å²) in [6, 6.07) is 12.4. The fourth-order valence-corrected chi connectivity index (χ4v) is 3.41. The van der Waals surface area contributed by atoms with Crippen LogP contribution >= 0.6 is 0 Å². The van der Waals surface area contributed by atoms with Crippen LogP contribution in [0.3, 0.4) is 0 Å². The molecule has 0 unspecified atom stereocenters. The van der Waals surface area contributed by atoms with Crippen LogP contribution in [0.2, 0.25) is 0 Å². The van der Waals surface area contributed by atoms with Crippen molar-refractivity contribution in [2.75, 3.05) is 0 Å². The molecule has 1 fully saturated rings. The van der Waals surface area contributed by atoms with Crippen LogP contribution in [0, 0.1) is 0 Å². The van der Waals surface area contributed by atoms with Gasteiger partial charge in [-0.15, -0.1) is 0 Å². The number of hydrogen-bond donors (Lipinski definition) is 1. The molecule has 24 heavy (non-hydrogen) atoms. The number of fused-ring (bicyclic) bond motifs is 1. The molecule has 0 saturated heterocycles. The van der Waals surface area contributed by atoms with E-state index in [0.717, 1.165) is 53.5 Å². The maximum Gasteiger partial charge on any atom is 0.129 e. The molecule has 1 aliphatic rings. The van der Waals surface area contributed by atoms with Crippen LogP contribution in [0.5, 0.6) is 5.75 Å². The minimum atomic E-state index is 0.228. The fraction of sp³-hybridized carbons (Fsp3) is 0.300. The lowest BCUT2D eigenvalue weighted by molar-refractivity contribution is 0.148. The summed E-state index contributed by atoms with van der Waals surface area (Å²) in [6.45, 7) is 0. The molecular weight excluding hydrogens is 298 g/mol. The summed E-state index contributed by atoms with van der Waals surface area (Å²) in [6.07, 6.45) is 9.82. The van der Waals surface area contributed by atoms with Gasteiger partial charge in [-0.2, -0.15) is 0 Å². The average Bonchev–Trinajstić information content (AvgIpc) is 2.64. The van der Waals surface area contributed by atoms with E-state index in [1.807, 2.05) is 48.9 Å². The van der Waals surface area contributed by atoms with E-state index >= 15 is 0 Å². The lowest BCUT2D eigenvalue weighted by Gasteiger charge is -2.27. The van der Waals surface area contributed by atoms with Crippen molar-refractivity contribution in [2.45, 2.75) is 37.8 Å². The molecule has 4 heteroatoms. The van der Waals surface area contributed by atoms with Crippen molar-refractivity contribution in [1.29, 1.82) is 0 Å². The highest BCUT2D eigenvalue weighted by molar-refractivity contribution is 5.98. The van der Waals surface area contributed by atoms with Crippen molar-refractivity contribution in [3.8, 4) is 17.0 Å². The summed E-state index contributed by atoms with van der Waals surface area (Å²) >= 11 is 0. The summed E-state index contributed by atoms with van der Waals surface area (Å²) in [7, 11) is 0. The van der Waals surface area contributed by atoms with Gasteiger partial charge < -0.3 is 10.5 Å². The third-order valence-corrected chi connectivity index (χ3v) is 4.72. The van der Waals surface area contributed by atoms with E-state index in [0.29, 0.717) is 6.04 Å². The monoisotopic (exact) mass is 319 g/mol. The summed E-state index contributed by atoms with van der Waals surface area (Å²) in [5.41, 5.74) is 7.99. The largest absolute Gasteiger partial charge is 0.490 e. The van der Waals surface area contributed by atoms with Crippen molar-refractivity contribution in [3.05, 3.63) is 55.0 Å². The molecule has 2 N–H and O–H groups in total. The molecule has 0 amide bonds. The van der Waals surface area contributed by atoms with E-state index in [4.69, 9.17) is 10.5 Å². The minimum Gasteiger partial charge on any atom is -0.490 e. The Labute approximate surface area is 141 Å². The number of nitrogens with two attached hydrogens (primary N) is 1. The van der Waals surface area contributed by atoms with Crippen LogP contribution in [0.1, 0.15) is 25.7 Å². The summed E-state index contributed by atoms with van der Waals surface area (Å²) in [5, 5.41) is 2.21. The molecular formula is C20H21N3O. The Morgan fingerprint density at radius 3 is 2.62 bits per heavy atom. The molecule has 2 heterocycles. The highest BCUT2D eigenvalue weighted by Crippen LogP contribution is 2.37. The maximum absolute atomic E-state index is 6.38. The number of hydrogen-bond acceptors (Lipinski definition) is 4. The standard InChI is InChI=1S/C20H21N3O/c21-15-5-7-16(8-6-15)24-19-9-4-14-13-22-12-10-17(14)20(19)18-3-1-2-11-23-18/h1-4,9-13,15-16H,5-8,21H2/t15-,16+. The molecule has 1 aliphatic carbocycles. The predicted octanol–water partition coefficient (Wildman–Crippen LogP) is 3.95. The van der Waals surface area contributed by atoms with Gasteiger partial charge in [-0.3, -0.25) is 9.97 Å². The highest BCUT2D eigenvalue weighted by atomic mass is 16.5. The molecule has 0 bridgehead atoms. The van der Waals surface area contributed by atoms with Crippen molar-refractivity contribution in [1.82, 2.24) is 9.97 Å². The molecule has 0 aliphatic heterocycles. The van der Waals surface area contributed by atoms with Crippen molar-refractivity contribution in [2.24, 2.45) is 5.73 Å². The van der Waals surface area contributed by atoms with Crippen LogP contribution in [0.15, 0.2) is 55.0 Å². The zero-order chi connectivity index (χ0) is 16.4. The second-order valence-electron chi connectivity index (χ2n) is 6.41. The molecule has 0 spiro atoms. The van der Waals surface area contributed by atoms with Crippen molar-refractivity contribution in [3.63, 3.8) is 0 Å². The van der Waals surface area contributed by atoms with Gasteiger partial charge in [0.1, 0.15) is 5.75 Å². The van der Waals surface area contributed by atoms with Gasteiger partial charge in [0.05, 0.1) is 17.4 Å². The number of rotatable bonds is 3. The Balaban J connectivity index is 1.77. The van der Waals surface area contributed by atoms with E-state index in [-0.39, 0.29) is 6.10 Å². The van der Waals surface area contributed by atoms with Crippen LogP contribution in [0.25, 0.3) is 22.0 Å². The number of pyridine rings is 2. The Morgan fingerprint density at radius 2 is 1.83 bits per heavy atom. The second kappa shape index (κ2) is 6.57. The molecule has 0 radical (unpaired) electrons. The molecule has 2 aromatic heterocycles. The fourth-order valence-electron chi connectivity index (χ4n) is 3.41. The first-order valence-corrected chi connectivity index (χ1v) is 8.51. The van der Waals surface area contributed by atoms with Gasteiger partial charge >= 0.3 is 0 Å². The van der Waals surface area contributed by atoms with Crippen LogP contribution in [-0.2, 0) is 0 Å². The maximum atomic E-state index is 6.38. The van der Waals surface area contributed by atoms with Crippen LogP contribution < -0.4 is 10.5 Å². The Bertz CT molecular complexity index is 827. The predicted molar refractivity (Wildman–Crippen MR) is 95.8 cm³/mol. The van der Waals surface area contributed by atoms with Gasteiger partial charge in [0, 0.05) is 30.0 Å². The van der Waals surface area contributed by atoms with Gasteiger partial charge in [0.25, 0.3) is 0 Å². The van der Waals surface area contributed by atoms with Crippen molar-refractivity contribution < 1.29 is 4.74 Å². The van der Waals surface area contributed by atoms with Gasteiger partial charge in [-0.1, -0.05) is 6.07 Å². The van der Waals surface area contributed by atoms with E-state index in [2.05, 4.69) is 16.0 Å². The van der Waals surface area contributed by atoms with Gasteiger partial charge in [-0.05, 0) is 61.4 Å². The SMILES string of the molecule is N[C@H]1CC[C@@H](Oc2ccc3cnccc3c2-c2ccccn2)CC1. The Hall–Kier alpha value is -2.46. The first-order valence-electron chi connectivity index (χ1n) is 8.51. The molecule has 1 saturated carbocycles. The Kier molecular flexibility index (Phi) is 4.13. The third-order valence-electron chi connectivity index (χ3n) is 4.72. The number of benzene rings is 1. The smallest absolute Gasteiger partial charge is 0.129 e. The molecule has 1 aromatic carbocycles. The lowest BCUT2D eigenvalue weighted by Crippen LogP contribution is -2.31. The van der Waals surface area contributed by atoms with E-state index in [1.54, 1.807) is 0 Å². The molecule has 0 atom stereocenters. The Morgan fingerprint density at radius 1 is 0.958 bits per heavy atom. The highest BCUT2D eigenvalue weighted by Gasteiger charge is 2.22. The molecule has 3 aromatic rings. The van der Waals surface area contributed by atoms with Gasteiger partial charge in [0.15, 0.2) is 0 Å². The lowest BCUT2D eigenvalue weighted by atomic mass is 9.93. The van der Waals surface area contributed by atoms with E-state index in [1.165, 1.54) is 0 Å². The normalized spacial score (nSPS) is 20.9. The van der Waals surface area contributed by atoms with Crippen molar-refractivity contribution >= 4 is 10.8 Å². The number of aromatic nitrogens is 2. The van der Waals surface area contributed by atoms with Crippen LogP contribution in [-0.4, -0.2) is 22.1 Å². The molecule has 4 nitrogen and oxygen atoms in total. The quantitative estimate of drug-likeness (QED) is 0.794. The second-order valence-corrected chi connectivity index (χ2v) is 6.41. The summed E-state index contributed by atoms with van der Waals surface area (Å²) in [5.74, 6) is 0.896. The van der Waals surface area contributed by atoms with E-state index in [9.17, 15) is 0 Å². The third kappa shape index (κ3) is 2.97. The molecule has 4 rings (SSSR count). The first-order chi connectivity index (χ1) is 11.8. The average molecular weight is 319 g/mol. The number of nitrogens with zero attached hydrogens (tertiary/aromatic N) is 2. The molecule has 122 valence electrons. The first kappa shape index (κ1) is 15.1. The zero-order valence-electron chi connectivity index (χ0n) is 13.6. The zero-order valence-corrected chi connectivity index (χ0v) is 13.6. The minimum absolute atomic E-state index is 0.228.